The summed E-state index contributed by atoms with van der Waals surface area (Å²) in [6.45, 7) is 2.78. The first-order chi connectivity index (χ1) is 30.6. The molecule has 0 aromatic rings. The number of carbonyl (C=O) groups is 3. The summed E-state index contributed by atoms with van der Waals surface area (Å²) in [5.74, 6) is -2.44. The molecule has 0 heterocycles. The first-order valence-electron chi connectivity index (χ1n) is 25.2. The number of hydrogen-bond acceptors (Lipinski definition) is 9. The Hall–Kier alpha value is -2.56. The summed E-state index contributed by atoms with van der Waals surface area (Å²) in [6.07, 6.45) is 53.3. The van der Waals surface area contributed by atoms with Gasteiger partial charge in [0, 0.05) is 12.8 Å². The third kappa shape index (κ3) is 45.8. The molecule has 0 fully saturated rings. The molecule has 1 unspecified atom stereocenters. The highest BCUT2D eigenvalue weighted by Crippen LogP contribution is 2.43. The van der Waals surface area contributed by atoms with Crippen LogP contribution in [-0.4, -0.2) is 59.9 Å². The minimum atomic E-state index is -4.73. The number of hydrogen-bond donors (Lipinski definition) is 3. The zero-order chi connectivity index (χ0) is 46.3. The number of nitrogens with two attached hydrogens (primary N) is 1. The number of aliphatic carboxylic acids is 1. The van der Waals surface area contributed by atoms with Crippen LogP contribution in [0.4, 0.5) is 0 Å². The summed E-state index contributed by atoms with van der Waals surface area (Å²) < 4.78 is 32.8. The highest BCUT2D eigenvalue weighted by molar-refractivity contribution is 7.47. The third-order valence-corrected chi connectivity index (χ3v) is 11.8. The molecule has 3 atom stereocenters. The van der Waals surface area contributed by atoms with Gasteiger partial charge in [0.05, 0.1) is 13.2 Å². The summed E-state index contributed by atoms with van der Waals surface area (Å²) in [6, 6.07) is -1.53. The van der Waals surface area contributed by atoms with Gasteiger partial charge < -0.3 is 25.2 Å². The number of esters is 2. The van der Waals surface area contributed by atoms with Gasteiger partial charge in [0.1, 0.15) is 12.6 Å². The van der Waals surface area contributed by atoms with E-state index in [1.807, 2.05) is 6.08 Å². The quantitative estimate of drug-likeness (QED) is 0.0230. The lowest BCUT2D eigenvalue weighted by molar-refractivity contribution is -0.161. The molecule has 0 aromatic carbocycles. The maximum atomic E-state index is 12.7. The number of allylic oxidation sites excluding steroid dienone is 8. The van der Waals surface area contributed by atoms with Gasteiger partial charge in [-0.25, -0.2) is 4.57 Å². The molecule has 366 valence electrons. The van der Waals surface area contributed by atoms with Gasteiger partial charge in [-0.3, -0.25) is 23.4 Å². The van der Waals surface area contributed by atoms with Gasteiger partial charge in [-0.15, -0.1) is 0 Å². The van der Waals surface area contributed by atoms with E-state index in [4.69, 9.17) is 24.8 Å². The molecule has 11 nitrogen and oxygen atoms in total. The van der Waals surface area contributed by atoms with Crippen molar-refractivity contribution in [1.29, 1.82) is 0 Å². The first-order valence-corrected chi connectivity index (χ1v) is 26.7. The summed E-state index contributed by atoms with van der Waals surface area (Å²) in [5, 5.41) is 8.91. The molecule has 0 aliphatic carbocycles. The molecule has 0 rings (SSSR count). The number of carboxylic acid groups (broad SMARTS) is 1. The molecular formula is C51H92NO10P. The number of phosphoric ester groups is 1. The van der Waals surface area contributed by atoms with Gasteiger partial charge in [0.25, 0.3) is 0 Å². The normalized spacial score (nSPS) is 14.0. The molecule has 0 saturated carbocycles. The maximum Gasteiger partial charge on any atom is 0.472 e. The fraction of sp³-hybridized carbons (Fsp3) is 0.784. The van der Waals surface area contributed by atoms with Crippen molar-refractivity contribution in [1.82, 2.24) is 0 Å². The zero-order valence-electron chi connectivity index (χ0n) is 39.9. The summed E-state index contributed by atoms with van der Waals surface area (Å²) in [5.41, 5.74) is 5.35. The van der Waals surface area contributed by atoms with Gasteiger partial charge in [0.15, 0.2) is 6.10 Å². The van der Waals surface area contributed by atoms with Crippen molar-refractivity contribution in [3.8, 4) is 0 Å². The Balaban J connectivity index is 4.35. The topological polar surface area (TPSA) is 172 Å². The van der Waals surface area contributed by atoms with Gasteiger partial charge in [-0.05, 0) is 51.4 Å². The van der Waals surface area contributed by atoms with Crippen molar-refractivity contribution in [2.24, 2.45) is 5.73 Å². The standard InChI is InChI=1S/C51H92NO10P/c1-3-5-7-9-11-13-15-17-19-21-23-24-25-27-28-30-32-34-36-38-40-42-49(53)59-44-47(45-60-63(57,58)61-46-48(52)51(55)56)62-50(54)43-41-39-37-35-33-31-29-26-22-20-18-16-14-12-10-8-6-4-2/h19,21,24-25,28,30,34,36,47-48H,3-18,20,22-23,26-27,29,31-33,35,37-46,52H2,1-2H3,(H,55,56)(H,57,58)/b21-19+,25-24+,30-28+,36-34+/t47-,48+/m1/s1. The monoisotopic (exact) mass is 910 g/mol. The Morgan fingerprint density at radius 1 is 0.492 bits per heavy atom. The number of phosphoric acid groups is 1. The molecule has 0 bridgehead atoms. The van der Waals surface area contributed by atoms with E-state index in [0.717, 1.165) is 38.5 Å². The van der Waals surface area contributed by atoms with E-state index in [1.54, 1.807) is 0 Å². The lowest BCUT2D eigenvalue weighted by Crippen LogP contribution is -2.34. The van der Waals surface area contributed by atoms with Gasteiger partial charge in [-0.2, -0.15) is 0 Å². The second-order valence-electron chi connectivity index (χ2n) is 17.0. The molecule has 12 heteroatoms. The average Bonchev–Trinajstić information content (AvgIpc) is 3.26. The number of ether oxygens (including phenoxy) is 2. The summed E-state index contributed by atoms with van der Waals surface area (Å²) in [4.78, 5) is 46.1. The molecular weight excluding hydrogens is 818 g/mol. The Morgan fingerprint density at radius 3 is 1.30 bits per heavy atom. The molecule has 0 saturated heterocycles. The number of unbranched alkanes of at least 4 members (excludes halogenated alkanes) is 25. The molecule has 4 N–H and O–H groups in total. The van der Waals surface area contributed by atoms with Crippen molar-refractivity contribution < 1.29 is 47.5 Å². The average molecular weight is 910 g/mol. The molecule has 0 spiro atoms. The lowest BCUT2D eigenvalue weighted by atomic mass is 10.0. The Bertz CT molecular complexity index is 1250. The van der Waals surface area contributed by atoms with Crippen molar-refractivity contribution in [3.05, 3.63) is 48.6 Å². The van der Waals surface area contributed by atoms with E-state index in [0.29, 0.717) is 19.3 Å². The molecule has 0 aromatic heterocycles. The second-order valence-corrected chi connectivity index (χ2v) is 18.4. The van der Waals surface area contributed by atoms with Crippen LogP contribution in [0.5, 0.6) is 0 Å². The lowest BCUT2D eigenvalue weighted by Gasteiger charge is -2.20. The van der Waals surface area contributed by atoms with Crippen LogP contribution in [0.1, 0.15) is 226 Å². The van der Waals surface area contributed by atoms with Crippen molar-refractivity contribution in [2.75, 3.05) is 19.8 Å². The van der Waals surface area contributed by atoms with Crippen molar-refractivity contribution >= 4 is 25.7 Å². The fourth-order valence-electron chi connectivity index (χ4n) is 6.88. The third-order valence-electron chi connectivity index (χ3n) is 10.8. The second kappa shape index (κ2) is 46.0. The smallest absolute Gasteiger partial charge is 0.472 e. The summed E-state index contributed by atoms with van der Waals surface area (Å²) >= 11 is 0. The number of carboxylic acids is 1. The molecule has 63 heavy (non-hydrogen) atoms. The Kier molecular flexibility index (Phi) is 44.1. The predicted molar refractivity (Wildman–Crippen MR) is 258 cm³/mol. The largest absolute Gasteiger partial charge is 0.480 e. The van der Waals surface area contributed by atoms with Crippen LogP contribution in [0.25, 0.3) is 0 Å². The van der Waals surface area contributed by atoms with Crippen LogP contribution < -0.4 is 5.73 Å². The minimum Gasteiger partial charge on any atom is -0.480 e. The highest BCUT2D eigenvalue weighted by atomic mass is 31.2. The SMILES string of the molecule is CCCCCCCCC/C=C/C/C=C/C/C=C/C/C=C/CCCC(=O)OC[C@H](COP(=O)(O)OC[C@H](N)C(=O)O)OC(=O)CCCCCCCCCCCCCCCCCCCC. The van der Waals surface area contributed by atoms with Gasteiger partial charge in [-0.1, -0.05) is 210 Å². The van der Waals surface area contributed by atoms with Crippen LogP contribution in [0.2, 0.25) is 0 Å². The summed E-state index contributed by atoms with van der Waals surface area (Å²) in [7, 11) is -4.73. The van der Waals surface area contributed by atoms with Crippen LogP contribution in [-0.2, 0) is 37.5 Å². The fourth-order valence-corrected chi connectivity index (χ4v) is 7.66. The maximum absolute atomic E-state index is 12.7. The van der Waals surface area contributed by atoms with Crippen LogP contribution in [0, 0.1) is 0 Å². The highest BCUT2D eigenvalue weighted by Gasteiger charge is 2.28. The van der Waals surface area contributed by atoms with E-state index in [9.17, 15) is 23.8 Å². The molecule has 0 aliphatic rings. The Morgan fingerprint density at radius 2 is 0.857 bits per heavy atom. The van der Waals surface area contributed by atoms with E-state index in [1.165, 1.54) is 141 Å². The van der Waals surface area contributed by atoms with Gasteiger partial charge in [0.2, 0.25) is 0 Å². The predicted octanol–water partition coefficient (Wildman–Crippen LogP) is 14.1. The van der Waals surface area contributed by atoms with Gasteiger partial charge >= 0.3 is 25.7 Å². The zero-order valence-corrected chi connectivity index (χ0v) is 40.8. The Labute approximate surface area is 384 Å². The van der Waals surface area contributed by atoms with E-state index in [-0.39, 0.29) is 19.4 Å². The number of carbonyl (C=O) groups excluding carboxylic acids is 2. The number of rotatable bonds is 47. The first kappa shape index (κ1) is 60.4. The van der Waals surface area contributed by atoms with Crippen molar-refractivity contribution in [3.63, 3.8) is 0 Å². The van der Waals surface area contributed by atoms with Crippen LogP contribution in [0.15, 0.2) is 48.6 Å². The van der Waals surface area contributed by atoms with E-state index in [2.05, 4.69) is 60.9 Å². The minimum absolute atomic E-state index is 0.147. The van der Waals surface area contributed by atoms with E-state index >= 15 is 0 Å². The molecule has 0 radical (unpaired) electrons. The van der Waals surface area contributed by atoms with Crippen molar-refractivity contribution in [2.45, 2.75) is 238 Å². The van der Waals surface area contributed by atoms with Crippen LogP contribution >= 0.6 is 7.82 Å². The van der Waals surface area contributed by atoms with Crippen LogP contribution in [0.3, 0.4) is 0 Å². The van der Waals surface area contributed by atoms with E-state index < -0.39 is 51.1 Å². The molecule has 0 amide bonds. The molecule has 0 aliphatic heterocycles.